The monoisotopic (exact) mass is 290 g/mol. The number of nitrogens with one attached hydrogen (secondary N) is 1. The van der Waals surface area contributed by atoms with Gasteiger partial charge in [0.2, 0.25) is 0 Å². The number of nitrogen functional groups attached to an aromatic ring is 1. The summed E-state index contributed by atoms with van der Waals surface area (Å²) in [6.45, 7) is 1.68. The molecule has 0 aliphatic heterocycles. The summed E-state index contributed by atoms with van der Waals surface area (Å²) in [4.78, 5) is 12.0. The maximum absolute atomic E-state index is 12.0. The summed E-state index contributed by atoms with van der Waals surface area (Å²) >= 11 is 5.81. The Kier molecular flexibility index (Phi) is 4.27. The Balaban J connectivity index is 2.12. The molecule has 104 valence electrons. The van der Waals surface area contributed by atoms with E-state index >= 15 is 0 Å². The van der Waals surface area contributed by atoms with Crippen molar-refractivity contribution in [2.24, 2.45) is 0 Å². The molecule has 0 saturated carbocycles. The minimum atomic E-state index is -0.532. The van der Waals surface area contributed by atoms with Gasteiger partial charge in [-0.15, -0.1) is 0 Å². The van der Waals surface area contributed by atoms with Crippen LogP contribution in [0.4, 0.5) is 11.4 Å². The van der Waals surface area contributed by atoms with Crippen LogP contribution in [-0.2, 0) is 0 Å². The molecule has 0 aliphatic rings. The first-order valence-corrected chi connectivity index (χ1v) is 6.49. The van der Waals surface area contributed by atoms with Crippen LogP contribution in [0.2, 0.25) is 5.02 Å². The van der Waals surface area contributed by atoms with Crippen LogP contribution in [0, 0.1) is 0 Å². The van der Waals surface area contributed by atoms with Crippen LogP contribution in [0.3, 0.4) is 0 Å². The number of carbonyl (C=O) groups is 1. The van der Waals surface area contributed by atoms with Crippen molar-refractivity contribution in [2.45, 2.75) is 13.0 Å². The van der Waals surface area contributed by atoms with Gasteiger partial charge < -0.3 is 16.2 Å². The van der Waals surface area contributed by atoms with E-state index in [9.17, 15) is 9.90 Å². The molecule has 0 radical (unpaired) electrons. The topological polar surface area (TPSA) is 75.3 Å². The van der Waals surface area contributed by atoms with Crippen LogP contribution >= 0.6 is 11.6 Å². The number of rotatable bonds is 3. The number of hydrogen-bond acceptors (Lipinski definition) is 3. The van der Waals surface area contributed by atoms with Crippen molar-refractivity contribution in [1.29, 1.82) is 0 Å². The zero-order valence-electron chi connectivity index (χ0n) is 10.9. The second-order valence-electron chi connectivity index (χ2n) is 4.49. The van der Waals surface area contributed by atoms with E-state index in [2.05, 4.69) is 5.32 Å². The second kappa shape index (κ2) is 5.94. The zero-order chi connectivity index (χ0) is 14.7. The molecular weight excluding hydrogens is 276 g/mol. The fraction of sp³-hybridized carbons (Fsp3) is 0.133. The highest BCUT2D eigenvalue weighted by Gasteiger charge is 2.08. The van der Waals surface area contributed by atoms with Gasteiger partial charge in [0.1, 0.15) is 0 Å². The number of anilines is 2. The van der Waals surface area contributed by atoms with Gasteiger partial charge in [0.05, 0.1) is 16.8 Å². The SMILES string of the molecule is C[C@@H](O)c1ccc(NC(=O)c2ccc(Cl)c(N)c2)cc1. The van der Waals surface area contributed by atoms with Gasteiger partial charge in [-0.2, -0.15) is 0 Å². The number of aliphatic hydroxyl groups is 1. The highest BCUT2D eigenvalue weighted by molar-refractivity contribution is 6.33. The van der Waals surface area contributed by atoms with Gasteiger partial charge in [0.25, 0.3) is 5.91 Å². The van der Waals surface area contributed by atoms with E-state index in [1.807, 2.05) is 0 Å². The van der Waals surface area contributed by atoms with Crippen molar-refractivity contribution in [3.05, 3.63) is 58.6 Å². The third-order valence-corrected chi connectivity index (χ3v) is 3.25. The highest BCUT2D eigenvalue weighted by Crippen LogP contribution is 2.21. The second-order valence-corrected chi connectivity index (χ2v) is 4.90. The zero-order valence-corrected chi connectivity index (χ0v) is 11.7. The predicted octanol–water partition coefficient (Wildman–Crippen LogP) is 3.23. The molecule has 0 aliphatic carbocycles. The number of halogens is 1. The Bertz CT molecular complexity index is 624. The minimum Gasteiger partial charge on any atom is -0.398 e. The van der Waals surface area contributed by atoms with Crippen molar-refractivity contribution in [3.63, 3.8) is 0 Å². The summed E-state index contributed by atoms with van der Waals surface area (Å²) in [5.74, 6) is -0.266. The quantitative estimate of drug-likeness (QED) is 0.760. The smallest absolute Gasteiger partial charge is 0.255 e. The number of nitrogens with two attached hydrogens (primary N) is 1. The third kappa shape index (κ3) is 3.29. The molecule has 2 rings (SSSR count). The van der Waals surface area contributed by atoms with Crippen molar-refractivity contribution >= 4 is 28.9 Å². The molecule has 1 amide bonds. The van der Waals surface area contributed by atoms with Crippen LogP contribution in [0.15, 0.2) is 42.5 Å². The van der Waals surface area contributed by atoms with Crippen LogP contribution in [0.5, 0.6) is 0 Å². The molecule has 0 bridgehead atoms. The molecule has 0 aromatic heterocycles. The van der Waals surface area contributed by atoms with E-state index in [0.717, 1.165) is 5.56 Å². The van der Waals surface area contributed by atoms with Crippen molar-refractivity contribution in [2.75, 3.05) is 11.1 Å². The van der Waals surface area contributed by atoms with Gasteiger partial charge in [-0.1, -0.05) is 23.7 Å². The van der Waals surface area contributed by atoms with Gasteiger partial charge in [-0.25, -0.2) is 0 Å². The molecule has 0 heterocycles. The highest BCUT2D eigenvalue weighted by atomic mass is 35.5. The van der Waals surface area contributed by atoms with E-state index in [0.29, 0.717) is 22.0 Å². The Morgan fingerprint density at radius 1 is 1.25 bits per heavy atom. The molecule has 5 heteroatoms. The molecule has 0 spiro atoms. The Labute approximate surface area is 122 Å². The normalized spacial score (nSPS) is 11.9. The lowest BCUT2D eigenvalue weighted by atomic mass is 10.1. The predicted molar refractivity (Wildman–Crippen MR) is 80.9 cm³/mol. The van der Waals surface area contributed by atoms with Crippen LogP contribution < -0.4 is 11.1 Å². The molecule has 4 nitrogen and oxygen atoms in total. The lowest BCUT2D eigenvalue weighted by Gasteiger charge is -2.08. The number of benzene rings is 2. The lowest BCUT2D eigenvalue weighted by molar-refractivity contribution is 0.102. The lowest BCUT2D eigenvalue weighted by Crippen LogP contribution is -2.12. The van der Waals surface area contributed by atoms with E-state index in [-0.39, 0.29) is 5.91 Å². The van der Waals surface area contributed by atoms with Gasteiger partial charge in [0.15, 0.2) is 0 Å². The Morgan fingerprint density at radius 2 is 1.90 bits per heavy atom. The third-order valence-electron chi connectivity index (χ3n) is 2.91. The summed E-state index contributed by atoms with van der Waals surface area (Å²) in [5, 5.41) is 12.6. The summed E-state index contributed by atoms with van der Waals surface area (Å²) in [6, 6.07) is 11.7. The van der Waals surface area contributed by atoms with Crippen molar-refractivity contribution in [1.82, 2.24) is 0 Å². The van der Waals surface area contributed by atoms with Gasteiger partial charge in [0, 0.05) is 11.3 Å². The molecule has 0 unspecified atom stereocenters. The fourth-order valence-corrected chi connectivity index (χ4v) is 1.85. The summed E-state index contributed by atoms with van der Waals surface area (Å²) in [5.41, 5.74) is 7.90. The largest absolute Gasteiger partial charge is 0.398 e. The fourth-order valence-electron chi connectivity index (χ4n) is 1.73. The number of carbonyl (C=O) groups excluding carboxylic acids is 1. The summed E-state index contributed by atoms with van der Waals surface area (Å²) < 4.78 is 0. The average molecular weight is 291 g/mol. The Hall–Kier alpha value is -2.04. The molecule has 20 heavy (non-hydrogen) atoms. The molecule has 1 atom stereocenters. The molecule has 2 aromatic rings. The first-order chi connectivity index (χ1) is 9.47. The number of aliphatic hydroxyl groups excluding tert-OH is 1. The molecular formula is C15H15ClN2O2. The average Bonchev–Trinajstić information content (AvgIpc) is 2.42. The standard InChI is InChI=1S/C15H15ClN2O2/c1-9(19)10-2-5-12(6-3-10)18-15(20)11-4-7-13(16)14(17)8-11/h2-9,19H,17H2,1H3,(H,18,20)/t9-/m1/s1. The molecule has 4 N–H and O–H groups in total. The molecule has 0 fully saturated rings. The molecule has 2 aromatic carbocycles. The van der Waals surface area contributed by atoms with Crippen molar-refractivity contribution < 1.29 is 9.90 Å². The summed E-state index contributed by atoms with van der Waals surface area (Å²) in [6.07, 6.45) is -0.532. The van der Waals surface area contributed by atoms with E-state index in [1.54, 1.807) is 43.3 Å². The van der Waals surface area contributed by atoms with Crippen LogP contribution in [0.1, 0.15) is 28.9 Å². The van der Waals surface area contributed by atoms with Gasteiger partial charge in [-0.05, 0) is 42.8 Å². The van der Waals surface area contributed by atoms with Gasteiger partial charge >= 0.3 is 0 Å². The number of hydrogen-bond donors (Lipinski definition) is 3. The van der Waals surface area contributed by atoms with E-state index < -0.39 is 6.10 Å². The Morgan fingerprint density at radius 3 is 2.45 bits per heavy atom. The summed E-state index contributed by atoms with van der Waals surface area (Å²) in [7, 11) is 0. The number of amides is 1. The first kappa shape index (κ1) is 14.4. The first-order valence-electron chi connectivity index (χ1n) is 6.12. The van der Waals surface area contributed by atoms with Crippen molar-refractivity contribution in [3.8, 4) is 0 Å². The minimum absolute atomic E-state index is 0.266. The molecule has 0 saturated heterocycles. The van der Waals surface area contributed by atoms with Gasteiger partial charge in [-0.3, -0.25) is 4.79 Å². The van der Waals surface area contributed by atoms with E-state index in [1.165, 1.54) is 6.07 Å². The maximum atomic E-state index is 12.0. The maximum Gasteiger partial charge on any atom is 0.255 e. The van der Waals surface area contributed by atoms with E-state index in [4.69, 9.17) is 17.3 Å². The van der Waals surface area contributed by atoms with Crippen LogP contribution in [0.25, 0.3) is 0 Å². The van der Waals surface area contributed by atoms with Crippen LogP contribution in [-0.4, -0.2) is 11.0 Å².